The molecule has 0 radical (unpaired) electrons. The largest absolute Gasteiger partial charge is 0.480 e. The predicted molar refractivity (Wildman–Crippen MR) is 123 cm³/mol. The standard InChI is InChI=1S/C23H23FN4O3S/c24-18-3-1-2-4-19(18)27-23(31)25-17-7-5-15(6-8-17)20-14-32-22(26-20)16-9-11-28(12-10-16)13-21(29)30/h1-8,14,16H,9-13H2,(H,29,30)(H2,25,27,31). The van der Waals surface area contributed by atoms with Crippen LogP contribution in [0.4, 0.5) is 20.6 Å². The van der Waals surface area contributed by atoms with E-state index in [1.54, 1.807) is 35.6 Å². The lowest BCUT2D eigenvalue weighted by Gasteiger charge is -2.29. The van der Waals surface area contributed by atoms with Crippen LogP contribution in [0.15, 0.2) is 53.9 Å². The number of benzene rings is 2. The van der Waals surface area contributed by atoms with Gasteiger partial charge >= 0.3 is 12.0 Å². The molecule has 7 nitrogen and oxygen atoms in total. The van der Waals surface area contributed by atoms with E-state index in [1.165, 1.54) is 12.1 Å². The van der Waals surface area contributed by atoms with Crippen LogP contribution in [0.5, 0.6) is 0 Å². The summed E-state index contributed by atoms with van der Waals surface area (Å²) in [4.78, 5) is 29.7. The van der Waals surface area contributed by atoms with Crippen molar-refractivity contribution in [1.82, 2.24) is 9.88 Å². The monoisotopic (exact) mass is 454 g/mol. The van der Waals surface area contributed by atoms with Crippen molar-refractivity contribution in [3.8, 4) is 11.3 Å². The predicted octanol–water partition coefficient (Wildman–Crippen LogP) is 4.86. The lowest BCUT2D eigenvalue weighted by atomic mass is 9.97. The van der Waals surface area contributed by atoms with Crippen molar-refractivity contribution in [1.29, 1.82) is 0 Å². The van der Waals surface area contributed by atoms with Crippen LogP contribution < -0.4 is 10.6 Å². The van der Waals surface area contributed by atoms with Gasteiger partial charge in [0, 0.05) is 22.5 Å². The molecule has 9 heteroatoms. The minimum absolute atomic E-state index is 0.0918. The zero-order valence-electron chi connectivity index (χ0n) is 17.3. The Kier molecular flexibility index (Phi) is 6.77. The Morgan fingerprint density at radius 2 is 1.81 bits per heavy atom. The smallest absolute Gasteiger partial charge is 0.323 e. The number of hydrogen-bond donors (Lipinski definition) is 3. The normalized spacial score (nSPS) is 14.8. The van der Waals surface area contributed by atoms with Crippen LogP contribution in [0.3, 0.4) is 0 Å². The van der Waals surface area contributed by atoms with Gasteiger partial charge in [-0.2, -0.15) is 0 Å². The Bertz CT molecular complexity index is 1090. The molecule has 1 aromatic heterocycles. The van der Waals surface area contributed by atoms with Crippen LogP contribution in [0.2, 0.25) is 0 Å². The second-order valence-electron chi connectivity index (χ2n) is 7.65. The minimum Gasteiger partial charge on any atom is -0.480 e. The number of carboxylic acids is 1. The SMILES string of the molecule is O=C(O)CN1CCC(c2nc(-c3ccc(NC(=O)Nc4ccccc4F)cc3)cs2)CC1. The Labute approximate surface area is 188 Å². The molecule has 3 aromatic rings. The Balaban J connectivity index is 1.34. The van der Waals surface area contributed by atoms with E-state index in [1.807, 2.05) is 22.4 Å². The van der Waals surface area contributed by atoms with E-state index in [9.17, 15) is 14.0 Å². The molecule has 0 atom stereocenters. The first-order valence-electron chi connectivity index (χ1n) is 10.3. The molecule has 1 aliphatic rings. The van der Waals surface area contributed by atoms with Crippen molar-refractivity contribution in [3.05, 3.63) is 64.7 Å². The first-order valence-corrected chi connectivity index (χ1v) is 11.2. The summed E-state index contributed by atoms with van der Waals surface area (Å²) < 4.78 is 13.7. The molecular weight excluding hydrogens is 431 g/mol. The van der Waals surface area contributed by atoms with Gasteiger partial charge in [-0.15, -0.1) is 11.3 Å². The summed E-state index contributed by atoms with van der Waals surface area (Å²) in [7, 11) is 0. The number of anilines is 2. The molecule has 1 saturated heterocycles. The van der Waals surface area contributed by atoms with Crippen molar-refractivity contribution in [2.24, 2.45) is 0 Å². The number of nitrogens with one attached hydrogen (secondary N) is 2. The fourth-order valence-corrected chi connectivity index (χ4v) is 4.71. The number of hydrogen-bond acceptors (Lipinski definition) is 5. The molecule has 0 spiro atoms. The van der Waals surface area contributed by atoms with E-state index in [4.69, 9.17) is 10.1 Å². The molecule has 1 aliphatic heterocycles. The zero-order chi connectivity index (χ0) is 22.5. The molecule has 0 saturated carbocycles. The number of urea groups is 1. The Hall–Kier alpha value is -3.30. The molecular formula is C23H23FN4O3S. The van der Waals surface area contributed by atoms with Crippen molar-refractivity contribution >= 4 is 34.7 Å². The second kappa shape index (κ2) is 9.88. The van der Waals surface area contributed by atoms with Crippen LogP contribution in [-0.2, 0) is 4.79 Å². The Morgan fingerprint density at radius 1 is 1.09 bits per heavy atom. The second-order valence-corrected chi connectivity index (χ2v) is 8.54. The highest BCUT2D eigenvalue weighted by Crippen LogP contribution is 2.33. The maximum Gasteiger partial charge on any atom is 0.323 e. The van der Waals surface area contributed by atoms with Crippen LogP contribution >= 0.6 is 11.3 Å². The number of amides is 2. The maximum atomic E-state index is 13.7. The van der Waals surface area contributed by atoms with Gasteiger partial charge in [0.25, 0.3) is 0 Å². The van der Waals surface area contributed by atoms with E-state index in [2.05, 4.69) is 10.6 Å². The van der Waals surface area contributed by atoms with Gasteiger partial charge in [0.15, 0.2) is 0 Å². The first kappa shape index (κ1) is 21.9. The third-order valence-electron chi connectivity index (χ3n) is 5.38. The third-order valence-corrected chi connectivity index (χ3v) is 6.39. The first-order chi connectivity index (χ1) is 15.5. The number of likely N-dealkylation sites (tertiary alicyclic amines) is 1. The highest BCUT2D eigenvalue weighted by atomic mass is 32.1. The average molecular weight is 455 g/mol. The van der Waals surface area contributed by atoms with Crippen LogP contribution in [-0.4, -0.2) is 46.6 Å². The third kappa shape index (κ3) is 5.49. The summed E-state index contributed by atoms with van der Waals surface area (Å²) >= 11 is 1.62. The summed E-state index contributed by atoms with van der Waals surface area (Å²) in [6.45, 7) is 1.62. The number of piperidine rings is 1. The number of aromatic nitrogens is 1. The summed E-state index contributed by atoms with van der Waals surface area (Å²) in [5, 5.41) is 17.2. The van der Waals surface area contributed by atoms with E-state index in [-0.39, 0.29) is 12.2 Å². The molecule has 32 heavy (non-hydrogen) atoms. The number of halogens is 1. The molecule has 166 valence electrons. The van der Waals surface area contributed by atoms with E-state index in [0.717, 1.165) is 42.2 Å². The van der Waals surface area contributed by atoms with Gasteiger partial charge in [0.2, 0.25) is 0 Å². The lowest BCUT2D eigenvalue weighted by molar-refractivity contribution is -0.138. The van der Waals surface area contributed by atoms with Gasteiger partial charge in [0.05, 0.1) is 22.9 Å². The summed E-state index contributed by atoms with van der Waals surface area (Å²) in [5.41, 5.74) is 2.52. The van der Waals surface area contributed by atoms with Gasteiger partial charge in [-0.05, 0) is 50.2 Å². The van der Waals surface area contributed by atoms with Crippen LogP contribution in [0, 0.1) is 5.82 Å². The number of carboxylic acid groups (broad SMARTS) is 1. The fourth-order valence-electron chi connectivity index (χ4n) is 3.71. The Morgan fingerprint density at radius 3 is 2.50 bits per heavy atom. The van der Waals surface area contributed by atoms with Crippen molar-refractivity contribution in [3.63, 3.8) is 0 Å². The number of nitrogens with zero attached hydrogens (tertiary/aromatic N) is 2. The molecule has 3 N–H and O–H groups in total. The molecule has 0 bridgehead atoms. The summed E-state index contributed by atoms with van der Waals surface area (Å²) in [6.07, 6.45) is 1.81. The van der Waals surface area contributed by atoms with Crippen LogP contribution in [0.25, 0.3) is 11.3 Å². The molecule has 0 aliphatic carbocycles. The number of carbonyl (C=O) groups excluding carboxylic acids is 1. The van der Waals surface area contributed by atoms with E-state index in [0.29, 0.717) is 11.6 Å². The molecule has 2 aromatic carbocycles. The number of rotatable bonds is 6. The number of carbonyl (C=O) groups is 2. The highest BCUT2D eigenvalue weighted by Gasteiger charge is 2.24. The molecule has 2 amide bonds. The lowest BCUT2D eigenvalue weighted by Crippen LogP contribution is -2.36. The van der Waals surface area contributed by atoms with Gasteiger partial charge in [-0.25, -0.2) is 14.2 Å². The fraction of sp³-hybridized carbons (Fsp3) is 0.261. The van der Waals surface area contributed by atoms with Crippen molar-refractivity contribution in [2.75, 3.05) is 30.3 Å². The number of para-hydroxylation sites is 1. The molecule has 4 rings (SSSR count). The summed E-state index contributed by atoms with van der Waals surface area (Å²) in [6, 6.07) is 12.8. The number of aliphatic carboxylic acids is 1. The molecule has 1 fully saturated rings. The molecule has 2 heterocycles. The quantitative estimate of drug-likeness (QED) is 0.495. The number of thiazole rings is 1. The van der Waals surface area contributed by atoms with Crippen LogP contribution in [0.1, 0.15) is 23.8 Å². The topological polar surface area (TPSA) is 94.6 Å². The van der Waals surface area contributed by atoms with Gasteiger partial charge in [-0.3, -0.25) is 9.69 Å². The highest BCUT2D eigenvalue weighted by molar-refractivity contribution is 7.10. The van der Waals surface area contributed by atoms with Gasteiger partial charge in [0.1, 0.15) is 5.82 Å². The van der Waals surface area contributed by atoms with Crippen molar-refractivity contribution in [2.45, 2.75) is 18.8 Å². The van der Waals surface area contributed by atoms with Gasteiger partial charge < -0.3 is 15.7 Å². The van der Waals surface area contributed by atoms with Crippen molar-refractivity contribution < 1.29 is 19.1 Å². The summed E-state index contributed by atoms with van der Waals surface area (Å²) in [5.74, 6) is -0.936. The molecule has 0 unspecified atom stereocenters. The zero-order valence-corrected chi connectivity index (χ0v) is 18.1. The minimum atomic E-state index is -0.789. The maximum absolute atomic E-state index is 13.7. The van der Waals surface area contributed by atoms with E-state index < -0.39 is 17.8 Å². The van der Waals surface area contributed by atoms with E-state index >= 15 is 0 Å². The average Bonchev–Trinajstić information content (AvgIpc) is 3.26. The van der Waals surface area contributed by atoms with Gasteiger partial charge in [-0.1, -0.05) is 24.3 Å².